The SMILES string of the molecule is COc1cccc(F)c1-c1ccc(N)c(O)c1. The Kier molecular flexibility index (Phi) is 2.87. The van der Waals surface area contributed by atoms with E-state index in [0.29, 0.717) is 16.9 Å². The van der Waals surface area contributed by atoms with Gasteiger partial charge >= 0.3 is 0 Å². The molecule has 0 saturated carbocycles. The second-order valence-electron chi connectivity index (χ2n) is 3.59. The molecule has 17 heavy (non-hydrogen) atoms. The zero-order valence-corrected chi connectivity index (χ0v) is 9.27. The monoisotopic (exact) mass is 233 g/mol. The van der Waals surface area contributed by atoms with E-state index in [2.05, 4.69) is 0 Å². The first-order valence-electron chi connectivity index (χ1n) is 5.05. The number of hydrogen-bond donors (Lipinski definition) is 2. The van der Waals surface area contributed by atoms with Gasteiger partial charge in [0.1, 0.15) is 17.3 Å². The van der Waals surface area contributed by atoms with E-state index in [9.17, 15) is 9.50 Å². The van der Waals surface area contributed by atoms with Crippen LogP contribution in [-0.2, 0) is 0 Å². The van der Waals surface area contributed by atoms with Crippen LogP contribution in [0.1, 0.15) is 0 Å². The molecule has 0 aromatic heterocycles. The Morgan fingerprint density at radius 3 is 2.65 bits per heavy atom. The number of nitrogen functional groups attached to an aromatic ring is 1. The van der Waals surface area contributed by atoms with Crippen molar-refractivity contribution in [1.82, 2.24) is 0 Å². The number of halogens is 1. The average molecular weight is 233 g/mol. The van der Waals surface area contributed by atoms with Crippen LogP contribution in [0.25, 0.3) is 11.1 Å². The van der Waals surface area contributed by atoms with E-state index in [-0.39, 0.29) is 11.4 Å². The molecule has 0 saturated heterocycles. The number of nitrogens with two attached hydrogens (primary N) is 1. The fourth-order valence-corrected chi connectivity index (χ4v) is 1.65. The maximum Gasteiger partial charge on any atom is 0.139 e. The van der Waals surface area contributed by atoms with Crippen molar-refractivity contribution in [2.75, 3.05) is 12.8 Å². The fraction of sp³-hybridized carbons (Fsp3) is 0.0769. The summed E-state index contributed by atoms with van der Waals surface area (Å²) >= 11 is 0. The lowest BCUT2D eigenvalue weighted by molar-refractivity contribution is 0.413. The van der Waals surface area contributed by atoms with Gasteiger partial charge in [-0.05, 0) is 29.8 Å². The van der Waals surface area contributed by atoms with Crippen LogP contribution in [0.4, 0.5) is 10.1 Å². The third-order valence-corrected chi connectivity index (χ3v) is 2.51. The van der Waals surface area contributed by atoms with Gasteiger partial charge < -0.3 is 15.6 Å². The van der Waals surface area contributed by atoms with Gasteiger partial charge in [-0.25, -0.2) is 4.39 Å². The lowest BCUT2D eigenvalue weighted by Gasteiger charge is -2.10. The van der Waals surface area contributed by atoms with E-state index in [1.54, 1.807) is 18.2 Å². The number of phenolic OH excluding ortho intramolecular Hbond substituents is 1. The largest absolute Gasteiger partial charge is 0.506 e. The van der Waals surface area contributed by atoms with Gasteiger partial charge in [0.05, 0.1) is 18.4 Å². The van der Waals surface area contributed by atoms with Crippen LogP contribution in [-0.4, -0.2) is 12.2 Å². The number of ether oxygens (including phenoxy) is 1. The number of aromatic hydroxyl groups is 1. The molecular weight excluding hydrogens is 221 g/mol. The maximum absolute atomic E-state index is 13.8. The molecule has 0 amide bonds. The van der Waals surface area contributed by atoms with Crippen LogP contribution >= 0.6 is 0 Å². The number of methoxy groups -OCH3 is 1. The van der Waals surface area contributed by atoms with E-state index >= 15 is 0 Å². The molecule has 2 rings (SSSR count). The van der Waals surface area contributed by atoms with Gasteiger partial charge in [-0.2, -0.15) is 0 Å². The molecule has 3 N–H and O–H groups in total. The summed E-state index contributed by atoms with van der Waals surface area (Å²) in [5.41, 5.74) is 6.58. The van der Waals surface area contributed by atoms with Crippen LogP contribution in [0.2, 0.25) is 0 Å². The minimum Gasteiger partial charge on any atom is -0.506 e. The molecule has 88 valence electrons. The van der Waals surface area contributed by atoms with Crippen LogP contribution in [0.5, 0.6) is 11.5 Å². The predicted octanol–water partition coefficient (Wildman–Crippen LogP) is 2.79. The molecular formula is C13H12FNO2. The lowest BCUT2D eigenvalue weighted by atomic mass is 10.0. The van der Waals surface area contributed by atoms with Crippen molar-refractivity contribution >= 4 is 5.69 Å². The van der Waals surface area contributed by atoms with Crippen molar-refractivity contribution in [3.63, 3.8) is 0 Å². The van der Waals surface area contributed by atoms with Gasteiger partial charge in [0.15, 0.2) is 0 Å². The van der Waals surface area contributed by atoms with E-state index in [0.717, 1.165) is 0 Å². The van der Waals surface area contributed by atoms with E-state index in [1.807, 2.05) is 0 Å². The average Bonchev–Trinajstić information content (AvgIpc) is 2.32. The molecule has 0 radical (unpaired) electrons. The minimum atomic E-state index is -0.409. The number of hydrogen-bond acceptors (Lipinski definition) is 3. The molecule has 0 heterocycles. The van der Waals surface area contributed by atoms with Gasteiger partial charge in [-0.3, -0.25) is 0 Å². The number of rotatable bonds is 2. The quantitative estimate of drug-likeness (QED) is 0.619. The highest BCUT2D eigenvalue weighted by molar-refractivity contribution is 5.74. The van der Waals surface area contributed by atoms with Crippen LogP contribution in [0.3, 0.4) is 0 Å². The van der Waals surface area contributed by atoms with E-state index in [1.165, 1.54) is 25.3 Å². The second kappa shape index (κ2) is 4.33. The van der Waals surface area contributed by atoms with Crippen molar-refractivity contribution in [2.45, 2.75) is 0 Å². The molecule has 0 aliphatic carbocycles. The first-order valence-corrected chi connectivity index (χ1v) is 5.05. The van der Waals surface area contributed by atoms with Crippen LogP contribution in [0.15, 0.2) is 36.4 Å². The molecule has 4 heteroatoms. The Balaban J connectivity index is 2.63. The normalized spacial score (nSPS) is 10.2. The minimum absolute atomic E-state index is 0.0761. The Morgan fingerprint density at radius 1 is 1.24 bits per heavy atom. The third kappa shape index (κ3) is 2.01. The summed E-state index contributed by atoms with van der Waals surface area (Å²) in [5.74, 6) is -0.0736. The first-order chi connectivity index (χ1) is 8.13. The van der Waals surface area contributed by atoms with E-state index < -0.39 is 5.82 Å². The van der Waals surface area contributed by atoms with Gasteiger partial charge in [-0.15, -0.1) is 0 Å². The molecule has 2 aromatic carbocycles. The highest BCUT2D eigenvalue weighted by atomic mass is 19.1. The Morgan fingerprint density at radius 2 is 2.00 bits per heavy atom. The van der Waals surface area contributed by atoms with Gasteiger partial charge in [0.2, 0.25) is 0 Å². The van der Waals surface area contributed by atoms with Crippen molar-refractivity contribution in [2.24, 2.45) is 0 Å². The lowest BCUT2D eigenvalue weighted by Crippen LogP contribution is -1.92. The summed E-state index contributed by atoms with van der Waals surface area (Å²) in [6.45, 7) is 0. The Labute approximate surface area is 98.3 Å². The topological polar surface area (TPSA) is 55.5 Å². The highest BCUT2D eigenvalue weighted by Gasteiger charge is 2.12. The standard InChI is InChI=1S/C13H12FNO2/c1-17-12-4-2-3-9(14)13(12)8-5-6-10(15)11(16)7-8/h2-7,16H,15H2,1H3. The molecule has 0 spiro atoms. The Bertz CT molecular complexity index is 555. The summed E-state index contributed by atoms with van der Waals surface area (Å²) in [6.07, 6.45) is 0. The molecule has 2 aromatic rings. The zero-order chi connectivity index (χ0) is 12.4. The number of benzene rings is 2. The van der Waals surface area contributed by atoms with Crippen molar-refractivity contribution < 1.29 is 14.2 Å². The third-order valence-electron chi connectivity index (χ3n) is 2.51. The smallest absolute Gasteiger partial charge is 0.139 e. The summed E-state index contributed by atoms with van der Waals surface area (Å²) in [6, 6.07) is 9.13. The van der Waals surface area contributed by atoms with Crippen molar-refractivity contribution in [1.29, 1.82) is 0 Å². The Hall–Kier alpha value is -2.23. The van der Waals surface area contributed by atoms with Gasteiger partial charge in [0.25, 0.3) is 0 Å². The molecule has 0 bridgehead atoms. The molecule has 0 aliphatic heterocycles. The second-order valence-corrected chi connectivity index (χ2v) is 3.59. The molecule has 0 aliphatic rings. The van der Waals surface area contributed by atoms with E-state index in [4.69, 9.17) is 10.5 Å². The number of phenols is 1. The van der Waals surface area contributed by atoms with Gasteiger partial charge in [0, 0.05) is 0 Å². The van der Waals surface area contributed by atoms with Crippen LogP contribution in [0, 0.1) is 5.82 Å². The van der Waals surface area contributed by atoms with Gasteiger partial charge in [-0.1, -0.05) is 12.1 Å². The molecule has 3 nitrogen and oxygen atoms in total. The van der Waals surface area contributed by atoms with Crippen molar-refractivity contribution in [3.05, 3.63) is 42.2 Å². The molecule has 0 unspecified atom stereocenters. The maximum atomic E-state index is 13.8. The fourth-order valence-electron chi connectivity index (χ4n) is 1.65. The zero-order valence-electron chi connectivity index (χ0n) is 9.27. The first kappa shape index (κ1) is 11.3. The highest BCUT2D eigenvalue weighted by Crippen LogP contribution is 2.35. The summed E-state index contributed by atoms with van der Waals surface area (Å²) in [5, 5.41) is 9.53. The molecule has 0 atom stereocenters. The van der Waals surface area contributed by atoms with Crippen LogP contribution < -0.4 is 10.5 Å². The summed E-state index contributed by atoms with van der Waals surface area (Å²) < 4.78 is 18.9. The summed E-state index contributed by atoms with van der Waals surface area (Å²) in [7, 11) is 1.47. The molecule has 0 fully saturated rings. The number of anilines is 1. The predicted molar refractivity (Wildman–Crippen MR) is 64.5 cm³/mol. The summed E-state index contributed by atoms with van der Waals surface area (Å²) in [4.78, 5) is 0. The van der Waals surface area contributed by atoms with Crippen molar-refractivity contribution in [3.8, 4) is 22.6 Å².